The average molecular weight is 188 g/mol. The summed E-state index contributed by atoms with van der Waals surface area (Å²) in [6, 6.07) is 12.3. The summed E-state index contributed by atoms with van der Waals surface area (Å²) >= 11 is 0. The van der Waals surface area contributed by atoms with E-state index in [1.54, 1.807) is 0 Å². The second-order valence-corrected chi connectivity index (χ2v) is 2.39. The van der Waals surface area contributed by atoms with Crippen molar-refractivity contribution in [3.8, 4) is 17.9 Å². The molecule has 3 nitrogen and oxygen atoms in total. The third kappa shape index (κ3) is 6.69. The van der Waals surface area contributed by atoms with Crippen LogP contribution in [0.2, 0.25) is 0 Å². The van der Waals surface area contributed by atoms with Gasteiger partial charge in [-0.05, 0) is 18.6 Å². The van der Waals surface area contributed by atoms with E-state index < -0.39 is 0 Å². The molecule has 0 aliphatic heterocycles. The molecular weight excluding hydrogens is 176 g/mol. The minimum absolute atomic E-state index is 0.810. The number of benzene rings is 1. The minimum Gasteiger partial charge on any atom is -0.494 e. The number of hydrogen-bond acceptors (Lipinski definition) is 3. The van der Waals surface area contributed by atoms with Gasteiger partial charge in [0.05, 0.1) is 6.61 Å². The number of rotatable bonds is 3. The van der Waals surface area contributed by atoms with Crippen molar-refractivity contribution in [2.24, 2.45) is 0 Å². The first kappa shape index (κ1) is 12.0. The second kappa shape index (κ2) is 9.09. The van der Waals surface area contributed by atoms with E-state index in [1.165, 1.54) is 12.1 Å². The lowest BCUT2D eigenvalue weighted by Crippen LogP contribution is -1.93. The second-order valence-electron chi connectivity index (χ2n) is 2.39. The first-order valence-corrected chi connectivity index (χ1v) is 4.31. The van der Waals surface area contributed by atoms with Crippen molar-refractivity contribution < 1.29 is 4.74 Å². The monoisotopic (exact) mass is 188 g/mol. The molecular formula is C11H12N2O. The van der Waals surface area contributed by atoms with Crippen molar-refractivity contribution in [2.45, 2.75) is 13.3 Å². The molecule has 0 aromatic heterocycles. The van der Waals surface area contributed by atoms with Gasteiger partial charge in [-0.15, -0.1) is 0 Å². The number of nitriles is 2. The van der Waals surface area contributed by atoms with E-state index in [0.717, 1.165) is 18.8 Å². The molecule has 0 amide bonds. The molecule has 0 saturated heterocycles. The first-order chi connectivity index (χ1) is 6.85. The van der Waals surface area contributed by atoms with Gasteiger partial charge in [0.1, 0.15) is 5.75 Å². The van der Waals surface area contributed by atoms with Crippen molar-refractivity contribution in [1.82, 2.24) is 0 Å². The molecule has 0 N–H and O–H groups in total. The van der Waals surface area contributed by atoms with Crippen molar-refractivity contribution in [3.05, 3.63) is 30.3 Å². The van der Waals surface area contributed by atoms with Gasteiger partial charge >= 0.3 is 0 Å². The van der Waals surface area contributed by atoms with Crippen molar-refractivity contribution in [3.63, 3.8) is 0 Å². The van der Waals surface area contributed by atoms with Gasteiger partial charge in [-0.2, -0.15) is 10.5 Å². The lowest BCUT2D eigenvalue weighted by atomic mass is 10.3. The maximum absolute atomic E-state index is 7.26. The van der Waals surface area contributed by atoms with Crippen LogP contribution in [0.25, 0.3) is 0 Å². The third-order valence-corrected chi connectivity index (χ3v) is 1.27. The molecule has 72 valence electrons. The summed E-state index contributed by atoms with van der Waals surface area (Å²) in [5.74, 6) is 0.962. The number of para-hydroxylation sites is 1. The van der Waals surface area contributed by atoms with Crippen LogP contribution in [-0.2, 0) is 0 Å². The zero-order valence-corrected chi connectivity index (χ0v) is 8.10. The zero-order chi connectivity index (χ0) is 10.6. The topological polar surface area (TPSA) is 56.8 Å². The van der Waals surface area contributed by atoms with Crippen LogP contribution in [0, 0.1) is 22.7 Å². The molecule has 0 spiro atoms. The van der Waals surface area contributed by atoms with Crippen LogP contribution in [0.15, 0.2) is 30.3 Å². The van der Waals surface area contributed by atoms with E-state index in [2.05, 4.69) is 6.92 Å². The fraction of sp³-hybridized carbons (Fsp3) is 0.273. The lowest BCUT2D eigenvalue weighted by Gasteiger charge is -2.01. The molecule has 0 fully saturated rings. The van der Waals surface area contributed by atoms with E-state index in [0.29, 0.717) is 0 Å². The molecule has 0 aliphatic rings. The van der Waals surface area contributed by atoms with E-state index >= 15 is 0 Å². The van der Waals surface area contributed by atoms with Crippen LogP contribution >= 0.6 is 0 Å². The van der Waals surface area contributed by atoms with Crippen molar-refractivity contribution in [1.29, 1.82) is 10.5 Å². The highest BCUT2D eigenvalue weighted by molar-refractivity contribution is 5.20. The number of hydrogen-bond donors (Lipinski definition) is 0. The molecule has 0 atom stereocenters. The van der Waals surface area contributed by atoms with Gasteiger partial charge < -0.3 is 4.74 Å². The SMILES string of the molecule is CCCOc1ccccc1.N#CC#N. The molecule has 0 unspecified atom stereocenters. The van der Waals surface area contributed by atoms with Gasteiger partial charge in [-0.1, -0.05) is 25.1 Å². The molecule has 0 bridgehead atoms. The third-order valence-electron chi connectivity index (χ3n) is 1.27. The molecule has 0 saturated carbocycles. The van der Waals surface area contributed by atoms with E-state index in [4.69, 9.17) is 15.3 Å². The summed E-state index contributed by atoms with van der Waals surface area (Å²) in [5, 5.41) is 14.5. The van der Waals surface area contributed by atoms with E-state index in [9.17, 15) is 0 Å². The smallest absolute Gasteiger partial charge is 0.181 e. The summed E-state index contributed by atoms with van der Waals surface area (Å²) in [6.07, 6.45) is 1.06. The predicted octanol–water partition coefficient (Wildman–Crippen LogP) is 2.51. The average Bonchev–Trinajstić information content (AvgIpc) is 2.28. The summed E-state index contributed by atoms with van der Waals surface area (Å²) in [5.41, 5.74) is 0. The molecule has 1 rings (SSSR count). The van der Waals surface area contributed by atoms with Crippen LogP contribution in [0.5, 0.6) is 5.75 Å². The Hall–Kier alpha value is -2.00. The number of ether oxygens (including phenoxy) is 1. The van der Waals surface area contributed by atoms with Crippen LogP contribution in [0.3, 0.4) is 0 Å². The van der Waals surface area contributed by atoms with Crippen LogP contribution in [0.4, 0.5) is 0 Å². The maximum atomic E-state index is 7.26. The van der Waals surface area contributed by atoms with E-state index in [1.807, 2.05) is 30.3 Å². The molecule has 3 heteroatoms. The van der Waals surface area contributed by atoms with E-state index in [-0.39, 0.29) is 0 Å². The quantitative estimate of drug-likeness (QED) is 0.732. The lowest BCUT2D eigenvalue weighted by molar-refractivity contribution is 0.317. The highest BCUT2D eigenvalue weighted by atomic mass is 16.5. The predicted molar refractivity (Wildman–Crippen MR) is 53.5 cm³/mol. The highest BCUT2D eigenvalue weighted by Gasteiger charge is 1.86. The Morgan fingerprint density at radius 1 is 1.14 bits per heavy atom. The fourth-order valence-corrected chi connectivity index (χ4v) is 0.737. The van der Waals surface area contributed by atoms with Crippen molar-refractivity contribution >= 4 is 0 Å². The van der Waals surface area contributed by atoms with Gasteiger partial charge in [0, 0.05) is 0 Å². The fourth-order valence-electron chi connectivity index (χ4n) is 0.737. The Balaban J connectivity index is 0.000000364. The van der Waals surface area contributed by atoms with Gasteiger partial charge in [0.25, 0.3) is 0 Å². The molecule has 1 aromatic carbocycles. The Morgan fingerprint density at radius 2 is 1.71 bits per heavy atom. The normalized spacial score (nSPS) is 7.36. The van der Waals surface area contributed by atoms with Crippen LogP contribution in [0.1, 0.15) is 13.3 Å². The van der Waals surface area contributed by atoms with Crippen LogP contribution in [-0.4, -0.2) is 6.61 Å². The van der Waals surface area contributed by atoms with Crippen molar-refractivity contribution in [2.75, 3.05) is 6.61 Å². The van der Waals surface area contributed by atoms with Gasteiger partial charge in [-0.25, -0.2) is 0 Å². The largest absolute Gasteiger partial charge is 0.494 e. The molecule has 0 heterocycles. The molecule has 0 aliphatic carbocycles. The highest BCUT2D eigenvalue weighted by Crippen LogP contribution is 2.07. The molecule has 1 aromatic rings. The van der Waals surface area contributed by atoms with Gasteiger partial charge in [0.2, 0.25) is 0 Å². The summed E-state index contributed by atoms with van der Waals surface area (Å²) in [6.45, 7) is 2.91. The zero-order valence-electron chi connectivity index (χ0n) is 8.10. The standard InChI is InChI=1S/C9H12O.C2N2/c1-2-8-10-9-6-4-3-5-7-9;3-1-2-4/h3-7H,2,8H2,1H3;. The van der Waals surface area contributed by atoms with Gasteiger partial charge in [-0.3, -0.25) is 0 Å². The molecule has 14 heavy (non-hydrogen) atoms. The number of nitrogens with zero attached hydrogens (tertiary/aromatic N) is 2. The maximum Gasteiger partial charge on any atom is 0.181 e. The summed E-state index contributed by atoms with van der Waals surface area (Å²) < 4.78 is 5.36. The summed E-state index contributed by atoms with van der Waals surface area (Å²) in [7, 11) is 0. The van der Waals surface area contributed by atoms with Gasteiger partial charge in [0.15, 0.2) is 12.1 Å². The molecule has 0 radical (unpaired) electrons. The Morgan fingerprint density at radius 3 is 2.14 bits per heavy atom. The minimum atomic E-state index is 0.810. The Kier molecular flexibility index (Phi) is 7.79. The first-order valence-electron chi connectivity index (χ1n) is 4.31. The Labute approximate surface area is 84.2 Å². The summed E-state index contributed by atoms with van der Waals surface area (Å²) in [4.78, 5) is 0. The Bertz CT molecular complexity index is 296. The van der Waals surface area contributed by atoms with Crippen LogP contribution < -0.4 is 4.74 Å².